The third-order valence-electron chi connectivity index (χ3n) is 3.20. The number of hydrogen-bond acceptors (Lipinski definition) is 2. The molecule has 0 saturated heterocycles. The predicted octanol–water partition coefficient (Wildman–Crippen LogP) is 4.43. The first-order chi connectivity index (χ1) is 9.07. The number of rotatable bonds is 6. The van der Waals surface area contributed by atoms with Crippen molar-refractivity contribution in [2.75, 3.05) is 0 Å². The average molecular weight is 337 g/mol. The topological polar surface area (TPSA) is 35.1 Å². The summed E-state index contributed by atoms with van der Waals surface area (Å²) in [6, 6.07) is -2.26. The van der Waals surface area contributed by atoms with Crippen molar-refractivity contribution >= 4 is 11.4 Å². The summed E-state index contributed by atoms with van der Waals surface area (Å²) in [6.07, 6.45) is -5.10. The fourth-order valence-corrected chi connectivity index (χ4v) is 3.00. The third kappa shape index (κ3) is 5.25. The van der Waals surface area contributed by atoms with Gasteiger partial charge in [-0.1, -0.05) is 27.2 Å². The summed E-state index contributed by atoms with van der Waals surface area (Å²) in [5.74, 6) is -4.97. The lowest BCUT2D eigenvalue weighted by Gasteiger charge is -2.41. The summed E-state index contributed by atoms with van der Waals surface area (Å²) >= 11 is -2.03. The molecule has 0 rings (SSSR count). The normalized spacial score (nSPS) is 17.7. The van der Waals surface area contributed by atoms with Gasteiger partial charge >= 0.3 is 12.1 Å². The van der Waals surface area contributed by atoms with Crippen LogP contribution in [0, 0.1) is 5.41 Å². The Labute approximate surface area is 126 Å². The van der Waals surface area contributed by atoms with Crippen LogP contribution < -0.4 is 4.72 Å². The van der Waals surface area contributed by atoms with Crippen molar-refractivity contribution in [2.45, 2.75) is 77.3 Å². The second kappa shape index (κ2) is 6.58. The van der Waals surface area contributed by atoms with Gasteiger partial charge in [-0.15, -0.1) is 4.72 Å². The van der Waals surface area contributed by atoms with Crippen LogP contribution in [-0.2, 0) is 11.4 Å². The zero-order chi connectivity index (χ0) is 17.3. The second-order valence-electron chi connectivity index (χ2n) is 6.79. The number of alkyl halides is 5. The van der Waals surface area contributed by atoms with Gasteiger partial charge in [0.2, 0.25) is 0 Å². The van der Waals surface area contributed by atoms with Gasteiger partial charge in [0.05, 0.1) is 0 Å². The zero-order valence-electron chi connectivity index (χ0n) is 13.2. The molecule has 2 atom stereocenters. The maximum absolute atomic E-state index is 13.8. The van der Waals surface area contributed by atoms with Crippen molar-refractivity contribution in [1.29, 1.82) is 0 Å². The number of halogens is 5. The minimum absolute atomic E-state index is 0.150. The van der Waals surface area contributed by atoms with Gasteiger partial charge in [0.1, 0.15) is 10.8 Å². The van der Waals surface area contributed by atoms with E-state index in [2.05, 4.69) is 0 Å². The van der Waals surface area contributed by atoms with E-state index in [1.54, 1.807) is 6.92 Å². The molecule has 0 spiro atoms. The summed E-state index contributed by atoms with van der Waals surface area (Å²) in [6.45, 7) is 8.87. The van der Waals surface area contributed by atoms with Gasteiger partial charge in [0.25, 0.3) is 0 Å². The lowest BCUT2D eigenvalue weighted by Crippen LogP contribution is -2.63. The molecule has 0 radical (unpaired) electrons. The van der Waals surface area contributed by atoms with Crippen LogP contribution in [0.1, 0.15) is 54.4 Å². The molecular formula is C13H24F5NOS. The number of nitrogens with one attached hydrogen (secondary N) is 1. The third-order valence-corrected chi connectivity index (χ3v) is 4.76. The van der Waals surface area contributed by atoms with Crippen LogP contribution in [0.5, 0.6) is 0 Å². The van der Waals surface area contributed by atoms with Crippen LogP contribution in [0.4, 0.5) is 22.0 Å². The smallest absolute Gasteiger partial charge is 0.455 e. The first kappa shape index (κ1) is 20.9. The summed E-state index contributed by atoms with van der Waals surface area (Å²) < 4.78 is 78.9. The van der Waals surface area contributed by atoms with E-state index >= 15 is 0 Å². The Bertz CT molecular complexity index is 338. The van der Waals surface area contributed by atoms with Crippen LogP contribution in [-0.4, -0.2) is 27.4 Å². The second-order valence-corrected chi connectivity index (χ2v) is 8.79. The molecule has 0 aliphatic carbocycles. The zero-order valence-corrected chi connectivity index (χ0v) is 14.0. The van der Waals surface area contributed by atoms with Crippen LogP contribution >= 0.6 is 0 Å². The minimum Gasteiger partial charge on any atom is -0.598 e. The van der Waals surface area contributed by atoms with E-state index in [0.29, 0.717) is 6.42 Å². The first-order valence-electron chi connectivity index (χ1n) is 6.70. The fraction of sp³-hybridized carbons (Fsp3) is 1.00. The first-order valence-corrected chi connectivity index (χ1v) is 7.85. The molecule has 2 unspecified atom stereocenters. The maximum atomic E-state index is 13.8. The highest BCUT2D eigenvalue weighted by molar-refractivity contribution is 7.90. The number of hydrogen-bond donors (Lipinski definition) is 1. The maximum Gasteiger partial charge on any atom is 0.455 e. The minimum atomic E-state index is -5.70. The van der Waals surface area contributed by atoms with E-state index < -0.39 is 39.7 Å². The van der Waals surface area contributed by atoms with E-state index in [4.69, 9.17) is 0 Å². The van der Waals surface area contributed by atoms with Crippen LogP contribution in [0.25, 0.3) is 0 Å². The Hall–Kier alpha value is -0.0800. The highest BCUT2D eigenvalue weighted by Gasteiger charge is 2.67. The standard InChI is InChI=1S/C13H24F5NOS/c1-7-8-11(5,6)9(12(14,15)13(16,17)18)19-21(20)10(2,3)4/h9,19H,7-8H2,1-6H3. The highest BCUT2D eigenvalue weighted by Crippen LogP contribution is 2.46. The molecule has 21 heavy (non-hydrogen) atoms. The molecule has 1 N–H and O–H groups in total. The molecule has 0 bridgehead atoms. The monoisotopic (exact) mass is 337 g/mol. The van der Waals surface area contributed by atoms with Gasteiger partial charge in [-0.2, -0.15) is 22.0 Å². The van der Waals surface area contributed by atoms with Gasteiger partial charge in [0.15, 0.2) is 0 Å². The molecule has 0 aromatic heterocycles. The molecule has 0 heterocycles. The van der Waals surface area contributed by atoms with Crippen molar-refractivity contribution in [2.24, 2.45) is 5.41 Å². The van der Waals surface area contributed by atoms with Crippen LogP contribution in [0.3, 0.4) is 0 Å². The van der Waals surface area contributed by atoms with E-state index in [-0.39, 0.29) is 6.42 Å². The Kier molecular flexibility index (Phi) is 6.55. The summed E-state index contributed by atoms with van der Waals surface area (Å²) in [4.78, 5) is 0. The fourth-order valence-electron chi connectivity index (χ4n) is 1.96. The van der Waals surface area contributed by atoms with Crippen molar-refractivity contribution in [3.63, 3.8) is 0 Å². The van der Waals surface area contributed by atoms with Gasteiger partial charge in [-0.25, -0.2) is 0 Å². The summed E-state index contributed by atoms with van der Waals surface area (Å²) in [5, 5.41) is 0. The molecule has 0 fully saturated rings. The molecule has 0 saturated carbocycles. The van der Waals surface area contributed by atoms with Crippen LogP contribution in [0.2, 0.25) is 0 Å². The van der Waals surface area contributed by atoms with Crippen molar-refractivity contribution in [3.05, 3.63) is 0 Å². The quantitative estimate of drug-likeness (QED) is 0.575. The van der Waals surface area contributed by atoms with Gasteiger partial charge in [0, 0.05) is 11.4 Å². The molecule has 0 aliphatic rings. The molecule has 0 aliphatic heterocycles. The Morgan fingerprint density at radius 2 is 1.43 bits per heavy atom. The Morgan fingerprint density at radius 3 is 1.71 bits per heavy atom. The molecular weight excluding hydrogens is 313 g/mol. The Morgan fingerprint density at radius 1 is 1.00 bits per heavy atom. The molecule has 0 aromatic rings. The molecule has 8 heteroatoms. The lowest BCUT2D eigenvalue weighted by atomic mass is 9.77. The summed E-state index contributed by atoms with van der Waals surface area (Å²) in [5.41, 5.74) is -1.37. The highest BCUT2D eigenvalue weighted by atomic mass is 32.2. The molecule has 128 valence electrons. The van der Waals surface area contributed by atoms with E-state index in [9.17, 15) is 26.5 Å². The van der Waals surface area contributed by atoms with Gasteiger partial charge in [-0.3, -0.25) is 0 Å². The largest absolute Gasteiger partial charge is 0.598 e. The van der Waals surface area contributed by atoms with Crippen LogP contribution in [0.15, 0.2) is 0 Å². The van der Waals surface area contributed by atoms with Crippen molar-refractivity contribution < 1.29 is 26.5 Å². The van der Waals surface area contributed by atoms with Crippen molar-refractivity contribution in [3.8, 4) is 0 Å². The molecule has 2 nitrogen and oxygen atoms in total. The molecule has 0 amide bonds. The average Bonchev–Trinajstić information content (AvgIpc) is 2.21. The summed E-state index contributed by atoms with van der Waals surface area (Å²) in [7, 11) is 0. The lowest BCUT2D eigenvalue weighted by molar-refractivity contribution is -0.300. The van der Waals surface area contributed by atoms with E-state index in [0.717, 1.165) is 0 Å². The van der Waals surface area contributed by atoms with E-state index in [1.807, 2.05) is 4.72 Å². The Balaban J connectivity index is 5.61. The van der Waals surface area contributed by atoms with Crippen molar-refractivity contribution in [1.82, 2.24) is 4.72 Å². The SMILES string of the molecule is CCCC(C)(C)C(N[S+]([O-])C(C)(C)C)C(F)(F)C(F)(F)F. The van der Waals surface area contributed by atoms with E-state index in [1.165, 1.54) is 34.6 Å². The van der Waals surface area contributed by atoms with Gasteiger partial charge < -0.3 is 4.55 Å². The predicted molar refractivity (Wildman–Crippen MR) is 74.5 cm³/mol. The molecule has 0 aromatic carbocycles. The van der Waals surface area contributed by atoms with Gasteiger partial charge in [-0.05, 0) is 32.6 Å².